The quantitative estimate of drug-likeness (QED) is 0.413. The van der Waals surface area contributed by atoms with Crippen molar-refractivity contribution in [3.63, 3.8) is 0 Å². The van der Waals surface area contributed by atoms with Crippen LogP contribution in [0.5, 0.6) is 0 Å². The summed E-state index contributed by atoms with van der Waals surface area (Å²) in [5.74, 6) is 1.10. The van der Waals surface area contributed by atoms with Crippen LogP contribution >= 0.6 is 15.9 Å². The highest BCUT2D eigenvalue weighted by atomic mass is 79.9. The second-order valence-electron chi connectivity index (χ2n) is 6.59. The molecule has 0 bridgehead atoms. The maximum Gasteiger partial charge on any atom is 0.217 e. The van der Waals surface area contributed by atoms with E-state index in [1.165, 1.54) is 5.56 Å². The summed E-state index contributed by atoms with van der Waals surface area (Å²) >= 11 is 3.51. The molecule has 1 saturated heterocycles. The predicted octanol–water partition coefficient (Wildman–Crippen LogP) is 2.93. The average molecular weight is 409 g/mol. The number of guanidine groups is 1. The number of nitrogens with two attached hydrogens (primary N) is 1. The van der Waals surface area contributed by atoms with Crippen molar-refractivity contribution in [1.82, 2.24) is 10.2 Å². The fraction of sp³-hybridized carbons (Fsp3) is 0.579. The number of primary amides is 1. The smallest absolute Gasteiger partial charge is 0.217 e. The topological polar surface area (TPSA) is 70.7 Å². The molecule has 1 aromatic carbocycles. The molecule has 25 heavy (non-hydrogen) atoms. The highest BCUT2D eigenvalue weighted by Crippen LogP contribution is 2.19. The van der Waals surface area contributed by atoms with E-state index in [0.717, 1.165) is 62.3 Å². The number of carbonyl (C=O) groups excluding carboxylic acids is 1. The molecule has 1 aromatic rings. The molecule has 138 valence electrons. The summed E-state index contributed by atoms with van der Waals surface area (Å²) in [7, 11) is 0. The molecule has 1 aliphatic heterocycles. The summed E-state index contributed by atoms with van der Waals surface area (Å²) < 4.78 is 1.12. The van der Waals surface area contributed by atoms with E-state index in [2.05, 4.69) is 51.3 Å². The van der Waals surface area contributed by atoms with E-state index in [-0.39, 0.29) is 5.91 Å². The molecule has 1 unspecified atom stereocenters. The summed E-state index contributed by atoms with van der Waals surface area (Å²) in [4.78, 5) is 18.3. The van der Waals surface area contributed by atoms with Gasteiger partial charge in [-0.1, -0.05) is 28.1 Å². The molecule has 2 rings (SSSR count). The Kier molecular flexibility index (Phi) is 8.25. The minimum absolute atomic E-state index is 0.206. The number of hydrogen-bond acceptors (Lipinski definition) is 2. The third-order valence-electron chi connectivity index (χ3n) is 4.42. The van der Waals surface area contributed by atoms with Gasteiger partial charge in [-0.05, 0) is 56.2 Å². The van der Waals surface area contributed by atoms with Crippen molar-refractivity contribution in [2.75, 3.05) is 26.2 Å². The Morgan fingerprint density at radius 1 is 1.48 bits per heavy atom. The van der Waals surface area contributed by atoms with Crippen LogP contribution in [0.1, 0.15) is 38.2 Å². The molecule has 6 heteroatoms. The monoisotopic (exact) mass is 408 g/mol. The molecule has 0 aliphatic carbocycles. The minimum atomic E-state index is -0.206. The molecule has 0 saturated carbocycles. The van der Waals surface area contributed by atoms with Crippen molar-refractivity contribution in [3.8, 4) is 0 Å². The summed E-state index contributed by atoms with van der Waals surface area (Å²) in [6, 6.07) is 8.43. The van der Waals surface area contributed by atoms with Gasteiger partial charge in [0.15, 0.2) is 5.96 Å². The van der Waals surface area contributed by atoms with E-state index >= 15 is 0 Å². The van der Waals surface area contributed by atoms with Gasteiger partial charge in [0.25, 0.3) is 0 Å². The Balaban J connectivity index is 1.87. The molecule has 1 atom stereocenters. The lowest BCUT2D eigenvalue weighted by Crippen LogP contribution is -2.47. The van der Waals surface area contributed by atoms with Crippen molar-refractivity contribution in [3.05, 3.63) is 34.3 Å². The third kappa shape index (κ3) is 7.06. The fourth-order valence-corrected chi connectivity index (χ4v) is 3.74. The molecular formula is C19H29BrN4O. The van der Waals surface area contributed by atoms with Gasteiger partial charge in [0.2, 0.25) is 5.91 Å². The van der Waals surface area contributed by atoms with Crippen LogP contribution in [0.4, 0.5) is 0 Å². The average Bonchev–Trinajstić information content (AvgIpc) is 2.57. The van der Waals surface area contributed by atoms with Crippen molar-refractivity contribution in [1.29, 1.82) is 0 Å². The zero-order valence-electron chi connectivity index (χ0n) is 15.0. The number of benzene rings is 1. The normalized spacial score (nSPS) is 18.2. The number of aliphatic imine (C=N–C) groups is 1. The van der Waals surface area contributed by atoms with Crippen LogP contribution in [0.25, 0.3) is 0 Å². The lowest BCUT2D eigenvalue weighted by molar-refractivity contribution is -0.119. The van der Waals surface area contributed by atoms with E-state index in [9.17, 15) is 4.79 Å². The van der Waals surface area contributed by atoms with Crippen molar-refractivity contribution < 1.29 is 4.79 Å². The SMILES string of the molecule is CCNC(=NCCCc1cccc(Br)c1)N1CCCC(CC(N)=O)C1. The van der Waals surface area contributed by atoms with Gasteiger partial charge in [-0.2, -0.15) is 0 Å². The standard InChI is InChI=1S/C19H29BrN4O/c1-2-22-19(24-11-5-8-16(14-24)13-18(21)25)23-10-4-7-15-6-3-9-17(20)12-15/h3,6,9,12,16H,2,4-5,7-8,10-11,13-14H2,1H3,(H2,21,25)(H,22,23). The van der Waals surface area contributed by atoms with Gasteiger partial charge in [-0.25, -0.2) is 0 Å². The molecule has 5 nitrogen and oxygen atoms in total. The van der Waals surface area contributed by atoms with Crippen molar-refractivity contribution in [2.24, 2.45) is 16.6 Å². The number of piperidine rings is 1. The first-order chi connectivity index (χ1) is 12.1. The lowest BCUT2D eigenvalue weighted by atomic mass is 9.95. The molecule has 3 N–H and O–H groups in total. The summed E-state index contributed by atoms with van der Waals surface area (Å²) in [5.41, 5.74) is 6.69. The second kappa shape index (κ2) is 10.4. The molecule has 0 radical (unpaired) electrons. The minimum Gasteiger partial charge on any atom is -0.370 e. The Labute approximate surface area is 159 Å². The Hall–Kier alpha value is -1.56. The molecule has 0 aromatic heterocycles. The van der Waals surface area contributed by atoms with Crippen LogP contribution in [0.2, 0.25) is 0 Å². The third-order valence-corrected chi connectivity index (χ3v) is 4.91. The second-order valence-corrected chi connectivity index (χ2v) is 7.51. The Bertz CT molecular complexity index is 591. The van der Waals surface area contributed by atoms with E-state index in [4.69, 9.17) is 10.7 Å². The Morgan fingerprint density at radius 3 is 3.04 bits per heavy atom. The summed E-state index contributed by atoms with van der Waals surface area (Å²) in [6.45, 7) is 5.59. The van der Waals surface area contributed by atoms with Crippen molar-refractivity contribution in [2.45, 2.75) is 39.0 Å². The van der Waals surface area contributed by atoms with Crippen LogP contribution in [-0.4, -0.2) is 42.9 Å². The molecule has 0 spiro atoms. The van der Waals surface area contributed by atoms with Gasteiger partial charge in [-0.15, -0.1) is 0 Å². The predicted molar refractivity (Wildman–Crippen MR) is 107 cm³/mol. The van der Waals surface area contributed by atoms with Crippen LogP contribution in [0, 0.1) is 5.92 Å². The van der Waals surface area contributed by atoms with Crippen LogP contribution in [-0.2, 0) is 11.2 Å². The van der Waals surface area contributed by atoms with Gasteiger partial charge < -0.3 is 16.0 Å². The lowest BCUT2D eigenvalue weighted by Gasteiger charge is -2.34. The number of amides is 1. The number of aryl methyl sites for hydroxylation is 1. The molecular weight excluding hydrogens is 380 g/mol. The zero-order valence-corrected chi connectivity index (χ0v) is 16.6. The first-order valence-electron chi connectivity index (χ1n) is 9.14. The highest BCUT2D eigenvalue weighted by molar-refractivity contribution is 9.10. The fourth-order valence-electron chi connectivity index (χ4n) is 3.30. The number of likely N-dealkylation sites (tertiary alicyclic amines) is 1. The molecule has 1 amide bonds. The summed E-state index contributed by atoms with van der Waals surface area (Å²) in [5, 5.41) is 3.39. The van der Waals surface area contributed by atoms with E-state index < -0.39 is 0 Å². The van der Waals surface area contributed by atoms with Crippen LogP contribution < -0.4 is 11.1 Å². The Morgan fingerprint density at radius 2 is 2.32 bits per heavy atom. The van der Waals surface area contributed by atoms with Gasteiger partial charge in [0.05, 0.1) is 0 Å². The van der Waals surface area contributed by atoms with E-state index in [0.29, 0.717) is 12.3 Å². The number of nitrogens with zero attached hydrogens (tertiary/aromatic N) is 2. The number of halogens is 1. The van der Waals surface area contributed by atoms with Crippen LogP contribution in [0.3, 0.4) is 0 Å². The largest absolute Gasteiger partial charge is 0.370 e. The van der Waals surface area contributed by atoms with E-state index in [1.807, 2.05) is 6.07 Å². The van der Waals surface area contributed by atoms with Gasteiger partial charge >= 0.3 is 0 Å². The first-order valence-corrected chi connectivity index (χ1v) is 9.93. The molecule has 1 fully saturated rings. The summed E-state index contributed by atoms with van der Waals surface area (Å²) in [6.07, 6.45) is 4.66. The van der Waals surface area contributed by atoms with E-state index in [1.54, 1.807) is 0 Å². The maximum absolute atomic E-state index is 11.2. The zero-order chi connectivity index (χ0) is 18.1. The van der Waals surface area contributed by atoms with Crippen molar-refractivity contribution >= 4 is 27.8 Å². The maximum atomic E-state index is 11.2. The van der Waals surface area contributed by atoms with Crippen LogP contribution in [0.15, 0.2) is 33.7 Å². The van der Waals surface area contributed by atoms with Gasteiger partial charge in [-0.3, -0.25) is 9.79 Å². The number of carbonyl (C=O) groups is 1. The number of rotatable bonds is 7. The first kappa shape index (κ1) is 19.8. The number of hydrogen-bond donors (Lipinski definition) is 2. The van der Waals surface area contributed by atoms with Gasteiger partial charge in [0.1, 0.15) is 0 Å². The van der Waals surface area contributed by atoms with Gasteiger partial charge in [0, 0.05) is 37.1 Å². The highest BCUT2D eigenvalue weighted by Gasteiger charge is 2.23. The molecule has 1 aliphatic rings. The number of nitrogens with one attached hydrogen (secondary N) is 1. The molecule has 1 heterocycles.